The molecular formula is C26H27F2N3O4S. The van der Waals surface area contributed by atoms with Crippen LogP contribution in [0.2, 0.25) is 0 Å². The maximum absolute atomic E-state index is 13.2. The van der Waals surface area contributed by atoms with Crippen molar-refractivity contribution in [3.8, 4) is 0 Å². The normalized spacial score (nSPS) is 12.6. The Kier molecular flexibility index (Phi) is 8.54. The van der Waals surface area contributed by atoms with E-state index >= 15 is 0 Å². The summed E-state index contributed by atoms with van der Waals surface area (Å²) >= 11 is 0. The van der Waals surface area contributed by atoms with Gasteiger partial charge in [-0.05, 0) is 67.9 Å². The maximum atomic E-state index is 13.2. The Bertz CT molecular complexity index is 1300. The highest BCUT2D eigenvalue weighted by Crippen LogP contribution is 2.17. The van der Waals surface area contributed by atoms with Crippen molar-refractivity contribution in [1.82, 2.24) is 10.0 Å². The van der Waals surface area contributed by atoms with Crippen LogP contribution in [0.3, 0.4) is 0 Å². The Morgan fingerprint density at radius 1 is 0.917 bits per heavy atom. The van der Waals surface area contributed by atoms with Crippen molar-refractivity contribution in [2.24, 2.45) is 0 Å². The number of nitrogens with one attached hydrogen (secondary N) is 3. The first-order valence-corrected chi connectivity index (χ1v) is 12.6. The lowest BCUT2D eigenvalue weighted by molar-refractivity contribution is -0.118. The first kappa shape index (κ1) is 27.0. The Hall–Kier alpha value is -3.63. The van der Waals surface area contributed by atoms with Gasteiger partial charge in [0.15, 0.2) is 0 Å². The minimum Gasteiger partial charge on any atom is -0.340 e. The van der Waals surface area contributed by atoms with E-state index in [1.165, 1.54) is 50.2 Å². The van der Waals surface area contributed by atoms with Gasteiger partial charge in [-0.25, -0.2) is 21.9 Å². The topological polar surface area (TPSA) is 104 Å². The molecule has 36 heavy (non-hydrogen) atoms. The number of hydrogen-bond acceptors (Lipinski definition) is 4. The van der Waals surface area contributed by atoms with Crippen molar-refractivity contribution in [3.05, 3.63) is 95.8 Å². The number of alkyl halides is 1. The molecule has 2 amide bonds. The average molecular weight is 516 g/mol. The molecular weight excluding hydrogens is 488 g/mol. The van der Waals surface area contributed by atoms with E-state index < -0.39 is 45.9 Å². The Morgan fingerprint density at radius 2 is 1.53 bits per heavy atom. The van der Waals surface area contributed by atoms with Gasteiger partial charge in [0.2, 0.25) is 15.9 Å². The van der Waals surface area contributed by atoms with Gasteiger partial charge in [0.05, 0.1) is 10.4 Å². The monoisotopic (exact) mass is 515 g/mol. The Morgan fingerprint density at radius 3 is 2.11 bits per heavy atom. The van der Waals surface area contributed by atoms with Gasteiger partial charge in [-0.2, -0.15) is 0 Å². The lowest BCUT2D eigenvalue weighted by atomic mass is 10.0. The molecule has 0 aliphatic rings. The molecule has 0 spiro atoms. The molecule has 0 heterocycles. The number of hydrogen-bond donors (Lipinski definition) is 3. The predicted octanol–water partition coefficient (Wildman–Crippen LogP) is 3.83. The van der Waals surface area contributed by atoms with Crippen molar-refractivity contribution in [2.75, 3.05) is 12.0 Å². The number of benzene rings is 3. The van der Waals surface area contributed by atoms with E-state index in [2.05, 4.69) is 15.4 Å². The zero-order valence-corrected chi connectivity index (χ0v) is 20.6. The molecule has 3 rings (SSSR count). The van der Waals surface area contributed by atoms with Gasteiger partial charge in [0, 0.05) is 17.7 Å². The first-order valence-electron chi connectivity index (χ1n) is 11.1. The zero-order chi connectivity index (χ0) is 26.3. The van der Waals surface area contributed by atoms with Crippen LogP contribution < -0.4 is 15.4 Å². The summed E-state index contributed by atoms with van der Waals surface area (Å²) in [7, 11) is -3.97. The summed E-state index contributed by atoms with van der Waals surface area (Å²) in [6.45, 7) is 1.96. The summed E-state index contributed by atoms with van der Waals surface area (Å²) in [4.78, 5) is 25.7. The number of amides is 2. The van der Waals surface area contributed by atoms with Gasteiger partial charge in [0.1, 0.15) is 18.5 Å². The molecule has 0 aliphatic carbocycles. The summed E-state index contributed by atoms with van der Waals surface area (Å²) in [6.07, 6.45) is 0.189. The Balaban J connectivity index is 1.76. The van der Waals surface area contributed by atoms with E-state index in [-0.39, 0.29) is 16.9 Å². The quantitative estimate of drug-likeness (QED) is 0.382. The molecule has 0 saturated carbocycles. The molecule has 0 bridgehead atoms. The third-order valence-electron chi connectivity index (χ3n) is 5.19. The lowest BCUT2D eigenvalue weighted by Crippen LogP contribution is -2.45. The van der Waals surface area contributed by atoms with Crippen molar-refractivity contribution in [2.45, 2.75) is 36.7 Å². The van der Waals surface area contributed by atoms with Gasteiger partial charge in [-0.3, -0.25) is 9.59 Å². The fourth-order valence-corrected chi connectivity index (χ4v) is 4.69. The molecule has 3 aromatic rings. The van der Waals surface area contributed by atoms with Gasteiger partial charge < -0.3 is 10.6 Å². The molecule has 0 saturated heterocycles. The third kappa shape index (κ3) is 7.43. The van der Waals surface area contributed by atoms with Crippen LogP contribution in [0.1, 0.15) is 29.8 Å². The molecule has 1 atom stereocenters. The molecule has 3 aromatic carbocycles. The van der Waals surface area contributed by atoms with Gasteiger partial charge in [-0.1, -0.05) is 30.3 Å². The van der Waals surface area contributed by atoms with E-state index in [9.17, 15) is 26.8 Å². The highest BCUT2D eigenvalue weighted by Gasteiger charge is 2.26. The molecule has 10 heteroatoms. The van der Waals surface area contributed by atoms with E-state index in [0.29, 0.717) is 5.69 Å². The molecule has 190 valence electrons. The fourth-order valence-electron chi connectivity index (χ4n) is 3.30. The van der Waals surface area contributed by atoms with Crippen LogP contribution in [-0.4, -0.2) is 38.5 Å². The van der Waals surface area contributed by atoms with Gasteiger partial charge in [-0.15, -0.1) is 0 Å². The van der Waals surface area contributed by atoms with Crippen molar-refractivity contribution in [3.63, 3.8) is 0 Å². The van der Waals surface area contributed by atoms with Crippen LogP contribution in [-0.2, 0) is 21.2 Å². The summed E-state index contributed by atoms with van der Waals surface area (Å²) in [5.74, 6) is -1.56. The van der Waals surface area contributed by atoms with Crippen LogP contribution >= 0.6 is 0 Å². The maximum Gasteiger partial charge on any atom is 0.251 e. The molecule has 0 radical (unpaired) electrons. The van der Waals surface area contributed by atoms with Crippen LogP contribution in [0.5, 0.6) is 0 Å². The molecule has 3 N–H and O–H groups in total. The van der Waals surface area contributed by atoms with Crippen LogP contribution in [0.15, 0.2) is 83.8 Å². The minimum absolute atomic E-state index is 0.0903. The van der Waals surface area contributed by atoms with Crippen LogP contribution in [0.25, 0.3) is 0 Å². The largest absolute Gasteiger partial charge is 0.340 e. The van der Waals surface area contributed by atoms with E-state index in [0.717, 1.165) is 17.7 Å². The van der Waals surface area contributed by atoms with Gasteiger partial charge in [0.25, 0.3) is 5.91 Å². The van der Waals surface area contributed by atoms with Crippen LogP contribution in [0.4, 0.5) is 14.5 Å². The summed E-state index contributed by atoms with van der Waals surface area (Å²) in [5, 5.41) is 5.35. The van der Waals surface area contributed by atoms with Gasteiger partial charge >= 0.3 is 0 Å². The van der Waals surface area contributed by atoms with Crippen molar-refractivity contribution >= 4 is 27.5 Å². The summed E-state index contributed by atoms with van der Waals surface area (Å²) in [6, 6.07) is 18.4. The number of rotatable bonds is 10. The third-order valence-corrected chi connectivity index (χ3v) is 6.90. The average Bonchev–Trinajstić information content (AvgIpc) is 2.84. The molecule has 7 nitrogen and oxygen atoms in total. The summed E-state index contributed by atoms with van der Waals surface area (Å²) < 4.78 is 53.5. The van der Waals surface area contributed by atoms with Crippen LogP contribution in [0, 0.1) is 5.82 Å². The van der Waals surface area contributed by atoms with E-state index in [1.807, 2.05) is 30.3 Å². The minimum atomic E-state index is -3.97. The molecule has 0 aromatic heterocycles. The number of carbonyl (C=O) groups is 2. The number of sulfonamides is 1. The Labute approximate surface area is 209 Å². The predicted molar refractivity (Wildman–Crippen MR) is 133 cm³/mol. The molecule has 0 unspecified atom stereocenters. The summed E-state index contributed by atoms with van der Waals surface area (Å²) in [5.41, 5.74) is 0.0393. The SMILES string of the molecule is CC(C)(CF)NS(=O)(=O)c1ccc(NC(=O)[C@H](Cc2ccccc2)NC(=O)c2ccc(F)cc2)cc1. The molecule has 0 aliphatic heterocycles. The smallest absolute Gasteiger partial charge is 0.251 e. The second-order valence-electron chi connectivity index (χ2n) is 8.86. The zero-order valence-electron chi connectivity index (χ0n) is 19.8. The second kappa shape index (κ2) is 11.4. The highest BCUT2D eigenvalue weighted by atomic mass is 32.2. The number of anilines is 1. The highest BCUT2D eigenvalue weighted by molar-refractivity contribution is 7.89. The molecule has 0 fully saturated rings. The number of halogens is 2. The lowest BCUT2D eigenvalue weighted by Gasteiger charge is -2.22. The van der Waals surface area contributed by atoms with Crippen molar-refractivity contribution in [1.29, 1.82) is 0 Å². The van der Waals surface area contributed by atoms with E-state index in [4.69, 9.17) is 0 Å². The second-order valence-corrected chi connectivity index (χ2v) is 10.5. The standard InChI is InChI=1S/C26H27F2N3O4S/c1-26(2,17-27)31-36(34,35)22-14-12-21(13-15-22)29-25(33)23(16-18-6-4-3-5-7-18)30-24(32)19-8-10-20(28)11-9-19/h3-15,23,31H,16-17H2,1-2H3,(H,29,33)(H,30,32)/t23-/m0/s1. The number of carbonyl (C=O) groups excluding carboxylic acids is 2. The first-order chi connectivity index (χ1) is 17.0. The van der Waals surface area contributed by atoms with E-state index in [1.54, 1.807) is 0 Å². The van der Waals surface area contributed by atoms with Crippen molar-refractivity contribution < 1.29 is 26.8 Å². The fraction of sp³-hybridized carbons (Fsp3) is 0.231.